The van der Waals surface area contributed by atoms with Crippen LogP contribution < -0.4 is 47.2 Å². The van der Waals surface area contributed by atoms with Crippen molar-refractivity contribution in [3.8, 4) is 5.75 Å². The molecule has 0 saturated carbocycles. The topological polar surface area (TPSA) is 22.2 Å². The van der Waals surface area contributed by atoms with Crippen LogP contribution in [0, 0.1) is 12.7 Å². The van der Waals surface area contributed by atoms with Crippen molar-refractivity contribution in [3.05, 3.63) is 494 Å². The molecular formula is C123H126F2N4OP8S2. The molecule has 5 nitrogen and oxygen atoms in total. The lowest BCUT2D eigenvalue weighted by Gasteiger charge is -2.43. The fraction of sp³-hybridized carbons (Fsp3) is 0.252. The summed E-state index contributed by atoms with van der Waals surface area (Å²) < 4.78 is 33.8. The second kappa shape index (κ2) is 48.0. The number of aryl methyl sites for hydroxylation is 3. The molecule has 4 saturated heterocycles. The molecule has 140 heavy (non-hydrogen) atoms. The van der Waals surface area contributed by atoms with Crippen molar-refractivity contribution < 1.29 is 13.8 Å². The van der Waals surface area contributed by atoms with Gasteiger partial charge in [0.15, 0.2) is 0 Å². The van der Waals surface area contributed by atoms with Gasteiger partial charge in [0.25, 0.3) is 0 Å². The fourth-order valence-corrected chi connectivity index (χ4v) is 55.0. The van der Waals surface area contributed by atoms with Crippen LogP contribution in [0.3, 0.4) is 0 Å². The SMILES string of the molecule is CCCCN(P(c1ccsc1)c1ccsc1)P1[C@@H](c2ccccc2)CC[C@@H]1c1ccccc1.Cc1ccccc1P(c1ccccc1F)N1CCc2ccccc2[C@@H]2CC[C@@H](c3ccc4c(c3)CCCC4)P21.F.c1ccc([C@H]2CC[C@H](c3ccccc3)P2N2CCCOc3ccccc3P2c2ccccc2)cc1.c1ccc([C@H]2CC[C@H](c3ccccc3)P2N2Cc3ccccc3P2c2ccccc2)cc1. The van der Waals surface area contributed by atoms with Crippen LogP contribution in [0.2, 0.25) is 0 Å². The van der Waals surface area contributed by atoms with Crippen LogP contribution in [0.1, 0.15) is 208 Å². The van der Waals surface area contributed by atoms with Gasteiger partial charge < -0.3 is 4.74 Å². The van der Waals surface area contributed by atoms with Gasteiger partial charge in [-0.25, -0.2) is 8.83 Å². The van der Waals surface area contributed by atoms with Crippen LogP contribution in [-0.4, -0.2) is 44.0 Å². The number of fused-ring (bicyclic) bond motifs is 6. The zero-order valence-corrected chi connectivity index (χ0v) is 89.0. The Labute approximate surface area is 848 Å². The Kier molecular flexibility index (Phi) is 33.8. The summed E-state index contributed by atoms with van der Waals surface area (Å²) in [6.45, 7) is 9.64. The number of nitrogens with zero attached hydrogens (tertiary/aromatic N) is 4. The number of benzene rings is 14. The Balaban J connectivity index is 0.000000115. The summed E-state index contributed by atoms with van der Waals surface area (Å²) in [4.78, 5) is 0. The summed E-state index contributed by atoms with van der Waals surface area (Å²) in [6.07, 6.45) is 19.7. The highest BCUT2D eigenvalue weighted by molar-refractivity contribution is 7.82. The Bertz CT molecular complexity index is 6380. The van der Waals surface area contributed by atoms with Crippen molar-refractivity contribution in [3.63, 3.8) is 0 Å². The molecule has 710 valence electrons. The van der Waals surface area contributed by atoms with Gasteiger partial charge in [-0.2, -0.15) is 22.7 Å². The summed E-state index contributed by atoms with van der Waals surface area (Å²) in [6, 6.07) is 146. The lowest BCUT2D eigenvalue weighted by atomic mass is 9.89. The highest BCUT2D eigenvalue weighted by atomic mass is 32.1. The second-order valence-corrected chi connectivity index (χ2v) is 58.9. The first-order chi connectivity index (χ1) is 68.8. The Morgan fingerprint density at radius 2 is 0.800 bits per heavy atom. The molecule has 0 radical (unpaired) electrons. The van der Waals surface area contributed by atoms with Crippen LogP contribution in [0.5, 0.6) is 5.75 Å². The fourth-order valence-electron chi connectivity index (χ4n) is 22.9. The number of hydrogen-bond acceptors (Lipinski definition) is 7. The van der Waals surface area contributed by atoms with Gasteiger partial charge in [0, 0.05) is 125 Å². The average Bonchev–Trinajstić information content (AvgIpc) is 1.59. The van der Waals surface area contributed by atoms with Gasteiger partial charge in [-0.1, -0.05) is 371 Å². The van der Waals surface area contributed by atoms with E-state index in [9.17, 15) is 0 Å². The standard InChI is InChI=1S/C35H36FNP2.C31H31NOP2.C29H27NP2.C28H31NP2S2.FH/c1-25-10-2-8-16-32(25)38(35-17-9-7-15-31(35)36)37-23-22-27-12-5-6-14-30(27)34-21-20-33(39(34)37)29-19-18-26-11-3-4-13-28(26)24-29;1-4-13-25(14-5-1)29-21-22-30(26-15-6-2-7-16-26)35(29)32-23-12-24-33-28-19-10-11-20-31(28)34(32)27-17-8-3-9-18-27;1-4-12-23(13-5-1)28-20-21-29(24-14-6-2-7-15-24)32(28)30-22-25-16-10-11-19-27(25)31(30)26-17-8-3-9-18-26;1-2-3-18-29(30(25-16-19-32-21-25)26-17-20-33-22-26)31-27(23-10-6-4-7-11-23)14-15-28(31)24-12-8-5-9-13-24;/h2,5-10,12,14-19,24,33-34H,3-4,11,13,20-23H2,1H3;1-11,13-20,29-30H,12,21-24H2;1-19,28-29H,20-22H2;4-13,16-17,19-22,27-28H,2-3,14-15,18H2,1H3;1H/t33-,34-,38?,39?;29-,30-,34?;28-,29-,31?;27-,28-;/m0111./s1. The highest BCUT2D eigenvalue weighted by Crippen LogP contribution is 2.81. The van der Waals surface area contributed by atoms with E-state index in [4.69, 9.17) is 4.74 Å². The lowest BCUT2D eigenvalue weighted by molar-refractivity contribution is 0.305. The molecule has 4 fully saturated rings. The van der Waals surface area contributed by atoms with E-state index in [0.717, 1.165) is 50.1 Å². The van der Waals surface area contributed by atoms with Gasteiger partial charge in [0.1, 0.15) is 11.6 Å². The van der Waals surface area contributed by atoms with Gasteiger partial charge in [-0.15, -0.1) is 0 Å². The molecule has 8 aliphatic rings. The minimum Gasteiger partial charge on any atom is -0.493 e. The molecule has 2 aromatic heterocycles. The maximum Gasteiger partial charge on any atom is 0.132 e. The molecule has 4 unspecified atom stereocenters. The zero-order chi connectivity index (χ0) is 93.6. The number of unbranched alkanes of at least 4 members (excludes halogenated alkanes) is 1. The molecule has 16 aromatic rings. The first kappa shape index (κ1) is 98.8. The van der Waals surface area contributed by atoms with Gasteiger partial charge >= 0.3 is 0 Å². The lowest BCUT2D eigenvalue weighted by Crippen LogP contribution is -2.31. The average molecular weight is 2030 g/mol. The van der Waals surface area contributed by atoms with E-state index >= 15 is 4.39 Å². The number of rotatable bonds is 21. The van der Waals surface area contributed by atoms with Gasteiger partial charge in [0.2, 0.25) is 0 Å². The maximum absolute atomic E-state index is 15.7. The van der Waals surface area contributed by atoms with Crippen molar-refractivity contribution in [2.75, 3.05) is 26.2 Å². The van der Waals surface area contributed by atoms with E-state index < -0.39 is 48.4 Å². The third-order valence-electron chi connectivity index (χ3n) is 29.3. The Morgan fingerprint density at radius 3 is 1.32 bits per heavy atom. The zero-order valence-electron chi connectivity index (χ0n) is 80.2. The van der Waals surface area contributed by atoms with Crippen LogP contribution in [0.25, 0.3) is 0 Å². The molecule has 1 aliphatic carbocycles. The molecule has 0 bridgehead atoms. The number of thiophene rings is 2. The van der Waals surface area contributed by atoms with Crippen LogP contribution in [0.4, 0.5) is 9.09 Å². The third-order valence-corrected chi connectivity index (χ3v) is 57.2. The summed E-state index contributed by atoms with van der Waals surface area (Å²) in [5.74, 6) is 0.999. The van der Waals surface area contributed by atoms with Gasteiger partial charge in [-0.3, -0.25) is 18.0 Å². The smallest absolute Gasteiger partial charge is 0.132 e. The monoisotopic (exact) mass is 2020 g/mol. The van der Waals surface area contributed by atoms with Crippen molar-refractivity contribution in [2.45, 2.75) is 168 Å². The molecule has 0 amide bonds. The van der Waals surface area contributed by atoms with E-state index in [-0.39, 0.29) is 26.7 Å². The van der Waals surface area contributed by atoms with Crippen LogP contribution >= 0.6 is 87.3 Å². The molecule has 12 atom stereocenters. The quantitative estimate of drug-likeness (QED) is 0.0667. The van der Waals surface area contributed by atoms with Crippen LogP contribution in [-0.2, 0) is 25.8 Å². The molecule has 14 aromatic carbocycles. The minimum absolute atomic E-state index is 0. The minimum atomic E-state index is -1.00. The summed E-state index contributed by atoms with van der Waals surface area (Å²) in [7, 11) is -4.48. The van der Waals surface area contributed by atoms with Crippen molar-refractivity contribution in [1.29, 1.82) is 0 Å². The molecule has 24 rings (SSSR count). The van der Waals surface area contributed by atoms with E-state index in [0.29, 0.717) is 45.3 Å². The molecule has 7 aliphatic heterocycles. The van der Waals surface area contributed by atoms with E-state index in [1.807, 2.05) is 34.8 Å². The number of hydrogen-bond donors (Lipinski definition) is 0. The largest absolute Gasteiger partial charge is 0.493 e. The van der Waals surface area contributed by atoms with Crippen molar-refractivity contribution >= 4 is 130 Å². The normalized spacial score (nSPS) is 22.1. The Morgan fingerprint density at radius 1 is 0.371 bits per heavy atom. The van der Waals surface area contributed by atoms with E-state index in [1.165, 1.54) is 184 Å². The maximum atomic E-state index is 15.7. The third kappa shape index (κ3) is 21.9. The number of halogens is 2. The van der Waals surface area contributed by atoms with E-state index in [2.05, 4.69) is 429 Å². The van der Waals surface area contributed by atoms with Crippen LogP contribution in [0.15, 0.2) is 416 Å². The Hall–Kier alpha value is -8.58. The van der Waals surface area contributed by atoms with Crippen molar-refractivity contribution in [1.82, 2.24) is 17.8 Å². The summed E-state index contributed by atoms with van der Waals surface area (Å²) >= 11 is 3.69. The van der Waals surface area contributed by atoms with Gasteiger partial charge in [-0.05, 0) is 287 Å². The first-order valence-electron chi connectivity index (χ1n) is 50.5. The molecular weight excluding hydrogens is 1900 g/mol. The molecule has 0 spiro atoms. The predicted octanol–water partition coefficient (Wildman–Crippen LogP) is 33.3. The van der Waals surface area contributed by atoms with Crippen molar-refractivity contribution in [2.24, 2.45) is 0 Å². The second-order valence-electron chi connectivity index (χ2n) is 37.7. The molecule has 17 heteroatoms. The van der Waals surface area contributed by atoms with E-state index in [1.54, 1.807) is 28.1 Å². The number of ether oxygens (including phenoxy) is 1. The summed E-state index contributed by atoms with van der Waals surface area (Å²) in [5, 5.41) is 20.4. The number of para-hydroxylation sites is 1. The first-order valence-corrected chi connectivity index (χ1v) is 63.3. The summed E-state index contributed by atoms with van der Waals surface area (Å²) in [5.41, 5.74) is 24.4. The van der Waals surface area contributed by atoms with Gasteiger partial charge in [0.05, 0.1) is 6.61 Å². The highest BCUT2D eigenvalue weighted by Gasteiger charge is 2.51. The molecule has 0 N–H and O–H groups in total. The molecule has 9 heterocycles. The predicted molar refractivity (Wildman–Crippen MR) is 608 cm³/mol.